The van der Waals surface area contributed by atoms with E-state index in [1.165, 1.54) is 0 Å². The van der Waals surface area contributed by atoms with Crippen molar-refractivity contribution in [2.45, 2.75) is 26.7 Å². The molecule has 1 aromatic carbocycles. The summed E-state index contributed by atoms with van der Waals surface area (Å²) in [7, 11) is 1.81. The third-order valence-corrected chi connectivity index (χ3v) is 4.07. The van der Waals surface area contributed by atoms with E-state index >= 15 is 0 Å². The summed E-state index contributed by atoms with van der Waals surface area (Å²) >= 11 is 11.4. The van der Waals surface area contributed by atoms with Gasteiger partial charge in [0.15, 0.2) is 10.6 Å². The van der Waals surface area contributed by atoms with Crippen molar-refractivity contribution in [3.8, 4) is 0 Å². The Morgan fingerprint density at radius 3 is 2.76 bits per heavy atom. The van der Waals surface area contributed by atoms with Crippen LogP contribution < -0.4 is 0 Å². The normalized spacial score (nSPS) is 11.3. The zero-order valence-electron chi connectivity index (χ0n) is 12.2. The summed E-state index contributed by atoms with van der Waals surface area (Å²) in [6.45, 7) is 4.18. The van der Waals surface area contributed by atoms with Crippen molar-refractivity contribution in [3.63, 3.8) is 0 Å². The highest BCUT2D eigenvalue weighted by molar-refractivity contribution is 7.71. The molecule has 0 saturated carbocycles. The standard InChI is InChI=1S/C14H19ClN4OS/c1-3-18(8-11-5-4-6-12(15)7-11)10-19-14(21)17(2)13(9-20)16-19/h4-7,20H,3,8-10H2,1-2H3. The zero-order chi connectivity index (χ0) is 15.4. The molecule has 1 N–H and O–H groups in total. The summed E-state index contributed by atoms with van der Waals surface area (Å²) in [5.74, 6) is 0.568. The maximum atomic E-state index is 9.24. The molecule has 0 unspecified atom stereocenters. The van der Waals surface area contributed by atoms with E-state index in [1.807, 2.05) is 31.3 Å². The summed E-state index contributed by atoms with van der Waals surface area (Å²) in [5.41, 5.74) is 1.15. The molecule has 1 heterocycles. The molecule has 0 fully saturated rings. The van der Waals surface area contributed by atoms with Gasteiger partial charge in [-0.05, 0) is 36.5 Å². The molecule has 0 amide bonds. The SMILES string of the molecule is CCN(Cc1cccc(Cl)c1)Cn1nc(CO)n(C)c1=S. The number of hydrogen-bond acceptors (Lipinski definition) is 4. The van der Waals surface area contributed by atoms with Gasteiger partial charge in [0, 0.05) is 18.6 Å². The smallest absolute Gasteiger partial charge is 0.198 e. The molecule has 0 aliphatic rings. The van der Waals surface area contributed by atoms with Crippen LogP contribution in [0.4, 0.5) is 0 Å². The Bertz CT molecular complexity index is 667. The van der Waals surface area contributed by atoms with Crippen LogP contribution in [-0.4, -0.2) is 30.9 Å². The molecule has 5 nitrogen and oxygen atoms in total. The number of rotatable bonds is 6. The summed E-state index contributed by atoms with van der Waals surface area (Å²) in [6, 6.07) is 7.82. The van der Waals surface area contributed by atoms with Crippen molar-refractivity contribution in [1.29, 1.82) is 0 Å². The second kappa shape index (κ2) is 7.17. The van der Waals surface area contributed by atoms with Gasteiger partial charge in [0.25, 0.3) is 0 Å². The van der Waals surface area contributed by atoms with Gasteiger partial charge < -0.3 is 9.67 Å². The van der Waals surface area contributed by atoms with Crippen molar-refractivity contribution in [3.05, 3.63) is 45.4 Å². The summed E-state index contributed by atoms with van der Waals surface area (Å²) in [6.07, 6.45) is 0. The molecule has 21 heavy (non-hydrogen) atoms. The number of nitrogens with zero attached hydrogens (tertiary/aromatic N) is 4. The Hall–Kier alpha value is -1.21. The Balaban J connectivity index is 2.14. The van der Waals surface area contributed by atoms with Gasteiger partial charge in [-0.15, -0.1) is 0 Å². The molecule has 2 rings (SSSR count). The average Bonchev–Trinajstić information content (AvgIpc) is 2.74. The van der Waals surface area contributed by atoms with E-state index < -0.39 is 0 Å². The van der Waals surface area contributed by atoms with Crippen LogP contribution in [0.3, 0.4) is 0 Å². The molecule has 0 aliphatic heterocycles. The van der Waals surface area contributed by atoms with E-state index in [4.69, 9.17) is 23.8 Å². The second-order valence-corrected chi connectivity index (χ2v) is 5.63. The quantitative estimate of drug-likeness (QED) is 0.829. The molecule has 114 valence electrons. The van der Waals surface area contributed by atoms with Crippen LogP contribution in [0.5, 0.6) is 0 Å². The molecule has 0 radical (unpaired) electrons. The highest BCUT2D eigenvalue weighted by atomic mass is 35.5. The summed E-state index contributed by atoms with van der Waals surface area (Å²) < 4.78 is 4.06. The predicted molar refractivity (Wildman–Crippen MR) is 85.5 cm³/mol. The van der Waals surface area contributed by atoms with E-state index in [0.29, 0.717) is 17.3 Å². The lowest BCUT2D eigenvalue weighted by atomic mass is 10.2. The van der Waals surface area contributed by atoms with Gasteiger partial charge in [0.2, 0.25) is 0 Å². The maximum Gasteiger partial charge on any atom is 0.198 e. The topological polar surface area (TPSA) is 46.2 Å². The minimum Gasteiger partial charge on any atom is -0.388 e. The Morgan fingerprint density at radius 2 is 2.19 bits per heavy atom. The minimum atomic E-state index is -0.118. The molecule has 2 aromatic rings. The number of hydrogen-bond donors (Lipinski definition) is 1. The van der Waals surface area contributed by atoms with Gasteiger partial charge in [-0.1, -0.05) is 30.7 Å². The molecular formula is C14H19ClN4OS. The lowest BCUT2D eigenvalue weighted by Gasteiger charge is -2.20. The van der Waals surface area contributed by atoms with Crippen molar-refractivity contribution < 1.29 is 5.11 Å². The molecule has 0 spiro atoms. The van der Waals surface area contributed by atoms with Gasteiger partial charge >= 0.3 is 0 Å². The maximum absolute atomic E-state index is 9.24. The molecular weight excluding hydrogens is 308 g/mol. The molecule has 0 saturated heterocycles. The van der Waals surface area contributed by atoms with Gasteiger partial charge in [0.05, 0.1) is 6.67 Å². The lowest BCUT2D eigenvalue weighted by molar-refractivity contribution is 0.205. The first-order valence-electron chi connectivity index (χ1n) is 6.75. The summed E-state index contributed by atoms with van der Waals surface area (Å²) in [5, 5.41) is 14.3. The van der Waals surface area contributed by atoms with Crippen molar-refractivity contribution in [2.75, 3.05) is 6.54 Å². The van der Waals surface area contributed by atoms with Crippen molar-refractivity contribution in [1.82, 2.24) is 19.2 Å². The van der Waals surface area contributed by atoms with Gasteiger partial charge in [-0.3, -0.25) is 4.90 Å². The average molecular weight is 327 g/mol. The number of benzene rings is 1. The molecule has 0 bridgehead atoms. The van der Waals surface area contributed by atoms with Crippen molar-refractivity contribution in [2.24, 2.45) is 7.05 Å². The monoisotopic (exact) mass is 326 g/mol. The number of aliphatic hydroxyl groups excluding tert-OH is 1. The predicted octanol–water partition coefficient (Wildman–Crippen LogP) is 2.58. The third kappa shape index (κ3) is 3.91. The number of halogens is 1. The first-order valence-corrected chi connectivity index (χ1v) is 7.54. The van der Waals surface area contributed by atoms with E-state index in [9.17, 15) is 5.11 Å². The second-order valence-electron chi connectivity index (χ2n) is 4.83. The Kier molecular flexibility index (Phi) is 5.52. The minimum absolute atomic E-state index is 0.118. The summed E-state index contributed by atoms with van der Waals surface area (Å²) in [4.78, 5) is 2.20. The van der Waals surface area contributed by atoms with Gasteiger partial charge in [-0.2, -0.15) is 5.10 Å². The van der Waals surface area contributed by atoms with E-state index in [2.05, 4.69) is 16.9 Å². The number of aromatic nitrogens is 3. The first-order chi connectivity index (χ1) is 10.0. The Morgan fingerprint density at radius 1 is 1.43 bits per heavy atom. The van der Waals surface area contributed by atoms with E-state index in [-0.39, 0.29) is 6.61 Å². The zero-order valence-corrected chi connectivity index (χ0v) is 13.7. The fraction of sp³-hybridized carbons (Fsp3) is 0.429. The van der Waals surface area contributed by atoms with E-state index in [1.54, 1.807) is 9.25 Å². The molecule has 1 aromatic heterocycles. The van der Waals surface area contributed by atoms with Crippen molar-refractivity contribution >= 4 is 23.8 Å². The fourth-order valence-electron chi connectivity index (χ4n) is 2.11. The van der Waals surface area contributed by atoms with E-state index in [0.717, 1.165) is 23.7 Å². The molecule has 7 heteroatoms. The van der Waals surface area contributed by atoms with Gasteiger partial charge in [0.1, 0.15) is 6.61 Å². The van der Waals surface area contributed by atoms with Crippen LogP contribution in [0.1, 0.15) is 18.3 Å². The van der Waals surface area contributed by atoms with Crippen LogP contribution in [0, 0.1) is 4.77 Å². The third-order valence-electron chi connectivity index (χ3n) is 3.35. The lowest BCUT2D eigenvalue weighted by Crippen LogP contribution is -2.26. The highest BCUT2D eigenvalue weighted by Crippen LogP contribution is 2.13. The molecule has 0 aliphatic carbocycles. The largest absolute Gasteiger partial charge is 0.388 e. The van der Waals surface area contributed by atoms with Gasteiger partial charge in [-0.25, -0.2) is 4.68 Å². The highest BCUT2D eigenvalue weighted by Gasteiger charge is 2.10. The van der Waals surface area contributed by atoms with Crippen LogP contribution in [0.15, 0.2) is 24.3 Å². The Labute approximate surface area is 134 Å². The number of aliphatic hydroxyl groups is 1. The fourth-order valence-corrected chi connectivity index (χ4v) is 2.52. The van der Waals surface area contributed by atoms with Crippen LogP contribution in [0.25, 0.3) is 0 Å². The van der Waals surface area contributed by atoms with Crippen LogP contribution in [-0.2, 0) is 26.9 Å². The van der Waals surface area contributed by atoms with Crippen LogP contribution in [0.2, 0.25) is 5.02 Å². The molecule has 0 atom stereocenters. The van der Waals surface area contributed by atoms with Crippen LogP contribution >= 0.6 is 23.8 Å². The first kappa shape index (κ1) is 16.2.